The van der Waals surface area contributed by atoms with E-state index in [2.05, 4.69) is 10.6 Å². The number of aromatic nitrogens is 2. The molecule has 2 aromatic rings. The van der Waals surface area contributed by atoms with Crippen LogP contribution >= 0.6 is 0 Å². The molecule has 6 heteroatoms. The predicted octanol–water partition coefficient (Wildman–Crippen LogP) is 2.31. The Morgan fingerprint density at radius 1 is 1.00 bits per heavy atom. The molecule has 2 amide bonds. The van der Waals surface area contributed by atoms with E-state index in [1.54, 1.807) is 4.57 Å². The average molecular weight is 344 g/mol. The Morgan fingerprint density at radius 3 is 1.88 bits per heavy atom. The highest BCUT2D eigenvalue weighted by Gasteiger charge is 2.28. The summed E-state index contributed by atoms with van der Waals surface area (Å²) < 4.78 is 3.62. The van der Waals surface area contributed by atoms with Crippen LogP contribution in [-0.2, 0) is 14.1 Å². The van der Waals surface area contributed by atoms with Gasteiger partial charge < -0.3 is 19.8 Å². The summed E-state index contributed by atoms with van der Waals surface area (Å²) >= 11 is 0. The Bertz CT molecular complexity index is 748. The Hall–Kier alpha value is -2.50. The van der Waals surface area contributed by atoms with Gasteiger partial charge in [0.1, 0.15) is 11.4 Å². The predicted molar refractivity (Wildman–Crippen MR) is 98.8 cm³/mol. The number of aryl methyl sites for hydroxylation is 4. The second kappa shape index (κ2) is 7.17. The van der Waals surface area contributed by atoms with Gasteiger partial charge >= 0.3 is 0 Å². The van der Waals surface area contributed by atoms with Crippen LogP contribution in [0.5, 0.6) is 0 Å². The van der Waals surface area contributed by atoms with Gasteiger partial charge in [0.15, 0.2) is 0 Å². The lowest BCUT2D eigenvalue weighted by Crippen LogP contribution is -2.53. The van der Waals surface area contributed by atoms with E-state index in [0.717, 1.165) is 11.1 Å². The summed E-state index contributed by atoms with van der Waals surface area (Å²) in [6.45, 7) is 8.13. The van der Waals surface area contributed by atoms with Crippen molar-refractivity contribution in [2.45, 2.75) is 39.7 Å². The Morgan fingerprint density at radius 2 is 1.48 bits per heavy atom. The third-order valence-electron chi connectivity index (χ3n) is 4.81. The SMILES string of the molecule is CCC(C)(CNC(=O)c1c(C)ccn1C)NC(=O)c1c(C)ccn1C. The molecule has 2 rings (SSSR count). The van der Waals surface area contributed by atoms with E-state index in [4.69, 9.17) is 0 Å². The van der Waals surface area contributed by atoms with Crippen LogP contribution in [0.25, 0.3) is 0 Å². The molecule has 1 unspecified atom stereocenters. The number of rotatable bonds is 6. The fourth-order valence-corrected chi connectivity index (χ4v) is 2.94. The molecule has 2 aromatic heterocycles. The normalized spacial score (nSPS) is 13.4. The molecule has 0 radical (unpaired) electrons. The highest BCUT2D eigenvalue weighted by Crippen LogP contribution is 2.14. The monoisotopic (exact) mass is 344 g/mol. The molecule has 2 N–H and O–H groups in total. The van der Waals surface area contributed by atoms with Crippen molar-refractivity contribution in [2.24, 2.45) is 14.1 Å². The highest BCUT2D eigenvalue weighted by molar-refractivity contribution is 5.95. The van der Waals surface area contributed by atoms with Gasteiger partial charge in [-0.1, -0.05) is 6.92 Å². The minimum atomic E-state index is -0.525. The molecule has 1 atom stereocenters. The van der Waals surface area contributed by atoms with Crippen LogP contribution in [0.15, 0.2) is 24.5 Å². The number of nitrogens with zero attached hydrogens (tertiary/aromatic N) is 2. The van der Waals surface area contributed by atoms with E-state index >= 15 is 0 Å². The molecule has 0 bridgehead atoms. The second-order valence-corrected chi connectivity index (χ2v) is 6.97. The van der Waals surface area contributed by atoms with Gasteiger partial charge in [-0.3, -0.25) is 9.59 Å². The topological polar surface area (TPSA) is 68.1 Å². The summed E-state index contributed by atoms with van der Waals surface area (Å²) in [4.78, 5) is 25.1. The molecular formula is C19H28N4O2. The van der Waals surface area contributed by atoms with Crippen molar-refractivity contribution in [1.82, 2.24) is 19.8 Å². The first-order chi connectivity index (χ1) is 11.7. The first kappa shape index (κ1) is 18.8. The van der Waals surface area contributed by atoms with Gasteiger partial charge in [0.25, 0.3) is 11.8 Å². The summed E-state index contributed by atoms with van der Waals surface area (Å²) in [5, 5.41) is 6.03. The molecule has 6 nitrogen and oxygen atoms in total. The number of hydrogen-bond donors (Lipinski definition) is 2. The van der Waals surface area contributed by atoms with E-state index in [9.17, 15) is 9.59 Å². The second-order valence-electron chi connectivity index (χ2n) is 6.97. The smallest absolute Gasteiger partial charge is 0.268 e. The van der Waals surface area contributed by atoms with Crippen molar-refractivity contribution in [3.63, 3.8) is 0 Å². The molecule has 0 saturated carbocycles. The van der Waals surface area contributed by atoms with Crippen LogP contribution in [-0.4, -0.2) is 33.0 Å². The van der Waals surface area contributed by atoms with E-state index in [1.165, 1.54) is 0 Å². The lowest BCUT2D eigenvalue weighted by molar-refractivity contribution is 0.0861. The Labute approximate surface area is 149 Å². The van der Waals surface area contributed by atoms with Crippen molar-refractivity contribution in [3.8, 4) is 0 Å². The maximum Gasteiger partial charge on any atom is 0.268 e. The number of carbonyl (C=O) groups excluding carboxylic acids is 2. The summed E-state index contributed by atoms with van der Waals surface area (Å²) in [7, 11) is 3.70. The van der Waals surface area contributed by atoms with Gasteiger partial charge in [-0.25, -0.2) is 0 Å². The lowest BCUT2D eigenvalue weighted by Gasteiger charge is -2.30. The molecule has 0 aliphatic rings. The molecule has 2 heterocycles. The standard InChI is InChI=1S/C19H28N4O2/c1-7-19(4,21-18(25)16-14(3)9-11-23(16)6)12-20-17(24)15-13(2)8-10-22(15)5/h8-11H,7,12H2,1-6H3,(H,20,24)(H,21,25). The van der Waals surface area contributed by atoms with Gasteiger partial charge in [-0.2, -0.15) is 0 Å². The van der Waals surface area contributed by atoms with E-state index in [-0.39, 0.29) is 11.8 Å². The minimum absolute atomic E-state index is 0.126. The molecule has 0 aromatic carbocycles. The van der Waals surface area contributed by atoms with Crippen molar-refractivity contribution in [2.75, 3.05) is 6.54 Å². The van der Waals surface area contributed by atoms with Crippen LogP contribution in [0, 0.1) is 13.8 Å². The Balaban J connectivity index is 2.07. The zero-order valence-electron chi connectivity index (χ0n) is 15.9. The highest BCUT2D eigenvalue weighted by atomic mass is 16.2. The molecule has 0 aliphatic heterocycles. The zero-order valence-corrected chi connectivity index (χ0v) is 15.9. The van der Waals surface area contributed by atoms with Crippen LogP contribution in [0.1, 0.15) is 52.4 Å². The maximum absolute atomic E-state index is 12.7. The molecule has 136 valence electrons. The van der Waals surface area contributed by atoms with E-state index in [0.29, 0.717) is 24.4 Å². The van der Waals surface area contributed by atoms with Gasteiger partial charge in [0.05, 0.1) is 5.54 Å². The fraction of sp³-hybridized carbons (Fsp3) is 0.474. The summed E-state index contributed by atoms with van der Waals surface area (Å²) in [5.74, 6) is -0.257. The number of carbonyl (C=O) groups is 2. The summed E-state index contributed by atoms with van der Waals surface area (Å²) in [6, 6.07) is 3.83. The van der Waals surface area contributed by atoms with Gasteiger partial charge in [0.2, 0.25) is 0 Å². The lowest BCUT2D eigenvalue weighted by atomic mass is 9.98. The molecule has 0 spiro atoms. The zero-order chi connectivity index (χ0) is 18.8. The van der Waals surface area contributed by atoms with E-state index < -0.39 is 5.54 Å². The van der Waals surface area contributed by atoms with E-state index in [1.807, 2.05) is 70.9 Å². The molecule has 25 heavy (non-hydrogen) atoms. The Kier molecular flexibility index (Phi) is 5.40. The molecule has 0 aliphatic carbocycles. The molecule has 0 saturated heterocycles. The average Bonchev–Trinajstić information content (AvgIpc) is 3.07. The number of amides is 2. The molecular weight excluding hydrogens is 316 g/mol. The van der Waals surface area contributed by atoms with Crippen molar-refractivity contribution < 1.29 is 9.59 Å². The van der Waals surface area contributed by atoms with Gasteiger partial charge in [-0.05, 0) is 50.5 Å². The van der Waals surface area contributed by atoms with Crippen molar-refractivity contribution >= 4 is 11.8 Å². The van der Waals surface area contributed by atoms with Crippen LogP contribution in [0.3, 0.4) is 0 Å². The number of hydrogen-bond acceptors (Lipinski definition) is 2. The fourth-order valence-electron chi connectivity index (χ4n) is 2.94. The largest absolute Gasteiger partial charge is 0.348 e. The van der Waals surface area contributed by atoms with Crippen molar-refractivity contribution in [1.29, 1.82) is 0 Å². The summed E-state index contributed by atoms with van der Waals surface area (Å²) in [6.07, 6.45) is 4.44. The van der Waals surface area contributed by atoms with Crippen LogP contribution in [0.4, 0.5) is 0 Å². The van der Waals surface area contributed by atoms with Crippen LogP contribution < -0.4 is 10.6 Å². The van der Waals surface area contributed by atoms with Crippen LogP contribution in [0.2, 0.25) is 0 Å². The quantitative estimate of drug-likeness (QED) is 0.844. The third-order valence-corrected chi connectivity index (χ3v) is 4.81. The molecule has 0 fully saturated rings. The first-order valence-corrected chi connectivity index (χ1v) is 8.53. The maximum atomic E-state index is 12.7. The first-order valence-electron chi connectivity index (χ1n) is 8.53. The van der Waals surface area contributed by atoms with Gasteiger partial charge in [0, 0.05) is 33.0 Å². The minimum Gasteiger partial charge on any atom is -0.348 e. The van der Waals surface area contributed by atoms with Crippen molar-refractivity contribution in [3.05, 3.63) is 47.0 Å². The third kappa shape index (κ3) is 3.95. The summed E-state index contributed by atoms with van der Waals surface area (Å²) in [5.41, 5.74) is 2.62. The number of nitrogens with one attached hydrogen (secondary N) is 2. The van der Waals surface area contributed by atoms with Gasteiger partial charge in [-0.15, -0.1) is 0 Å².